The summed E-state index contributed by atoms with van der Waals surface area (Å²) in [6.45, 7) is 4.58. The zero-order chi connectivity index (χ0) is 20.6. The quantitative estimate of drug-likeness (QED) is 0.604. The molecular weight excluding hydrogens is 365 g/mol. The topological polar surface area (TPSA) is 63.5 Å². The van der Waals surface area contributed by atoms with Gasteiger partial charge >= 0.3 is 0 Å². The molecule has 0 aliphatic carbocycles. The lowest BCUT2D eigenvalue weighted by Gasteiger charge is -2.38. The van der Waals surface area contributed by atoms with Crippen LogP contribution in [0.15, 0.2) is 53.5 Å². The van der Waals surface area contributed by atoms with E-state index in [9.17, 15) is 4.39 Å². The smallest absolute Gasteiger partial charge is 0.191 e. The second-order valence-corrected chi connectivity index (χ2v) is 7.51. The summed E-state index contributed by atoms with van der Waals surface area (Å²) in [6.07, 6.45) is 2.06. The Morgan fingerprint density at radius 1 is 1.28 bits per heavy atom. The van der Waals surface area contributed by atoms with E-state index in [-0.39, 0.29) is 5.82 Å². The first-order valence-corrected chi connectivity index (χ1v) is 10.0. The summed E-state index contributed by atoms with van der Waals surface area (Å²) in [5, 5.41) is 15.5. The highest BCUT2D eigenvalue weighted by Gasteiger charge is 2.26. The fourth-order valence-corrected chi connectivity index (χ4v) is 3.73. The Bertz CT molecular complexity index is 875. The minimum Gasteiger partial charge on any atom is -0.354 e. The maximum Gasteiger partial charge on any atom is 0.191 e. The van der Waals surface area contributed by atoms with E-state index in [4.69, 9.17) is 5.26 Å². The van der Waals surface area contributed by atoms with E-state index in [1.165, 1.54) is 11.6 Å². The SMILES string of the molecule is CN=C(NCc1ccc(C#N)cc1F)NC1CCN(Cc2ccccc2)C(C)C1. The number of piperidine rings is 1. The van der Waals surface area contributed by atoms with Gasteiger partial charge in [-0.3, -0.25) is 9.89 Å². The average molecular weight is 394 g/mol. The first kappa shape index (κ1) is 20.8. The number of guanidine groups is 1. The highest BCUT2D eigenvalue weighted by Crippen LogP contribution is 2.20. The predicted octanol–water partition coefficient (Wildman–Crippen LogP) is 3.42. The molecule has 2 atom stereocenters. The fourth-order valence-electron chi connectivity index (χ4n) is 3.73. The molecule has 0 spiro atoms. The van der Waals surface area contributed by atoms with Crippen LogP contribution in [0.4, 0.5) is 4.39 Å². The first-order chi connectivity index (χ1) is 14.1. The number of hydrogen-bond acceptors (Lipinski definition) is 3. The molecule has 0 amide bonds. The highest BCUT2D eigenvalue weighted by molar-refractivity contribution is 5.80. The van der Waals surface area contributed by atoms with E-state index in [0.29, 0.717) is 35.7 Å². The molecule has 2 unspecified atom stereocenters. The van der Waals surface area contributed by atoms with Crippen LogP contribution in [0.2, 0.25) is 0 Å². The Labute approximate surface area is 172 Å². The molecule has 1 heterocycles. The molecule has 1 saturated heterocycles. The molecule has 5 nitrogen and oxygen atoms in total. The van der Waals surface area contributed by atoms with Gasteiger partial charge in [0.15, 0.2) is 5.96 Å². The summed E-state index contributed by atoms with van der Waals surface area (Å²) in [5.74, 6) is 0.289. The number of nitrogens with zero attached hydrogens (tertiary/aromatic N) is 3. The second kappa shape index (κ2) is 10.0. The van der Waals surface area contributed by atoms with E-state index >= 15 is 0 Å². The minimum absolute atomic E-state index is 0.319. The molecule has 2 N–H and O–H groups in total. The third-order valence-corrected chi connectivity index (χ3v) is 5.44. The maximum atomic E-state index is 14.1. The van der Waals surface area contributed by atoms with Crippen LogP contribution in [0.5, 0.6) is 0 Å². The fraction of sp³-hybridized carbons (Fsp3) is 0.391. The molecule has 1 aliphatic rings. The van der Waals surface area contributed by atoms with Crippen LogP contribution < -0.4 is 10.6 Å². The number of hydrogen-bond donors (Lipinski definition) is 2. The summed E-state index contributed by atoms with van der Waals surface area (Å²) >= 11 is 0. The third-order valence-electron chi connectivity index (χ3n) is 5.44. The molecule has 1 fully saturated rings. The Morgan fingerprint density at radius 3 is 2.72 bits per heavy atom. The van der Waals surface area contributed by atoms with Gasteiger partial charge < -0.3 is 10.6 Å². The van der Waals surface area contributed by atoms with Crippen LogP contribution in [0, 0.1) is 17.1 Å². The van der Waals surface area contributed by atoms with Crippen molar-refractivity contribution in [1.29, 1.82) is 5.26 Å². The van der Waals surface area contributed by atoms with E-state index < -0.39 is 0 Å². The Hall–Kier alpha value is -2.91. The standard InChI is InChI=1S/C23H28FN5/c1-17-12-21(10-11-29(17)16-18-6-4-3-5-7-18)28-23(26-2)27-15-20-9-8-19(14-25)13-22(20)24/h3-9,13,17,21H,10-12,15-16H2,1-2H3,(H2,26,27,28). The van der Waals surface area contributed by atoms with E-state index in [1.54, 1.807) is 19.2 Å². The van der Waals surface area contributed by atoms with Crippen molar-refractivity contribution in [2.45, 2.75) is 44.9 Å². The number of likely N-dealkylation sites (tertiary alicyclic amines) is 1. The van der Waals surface area contributed by atoms with Crippen LogP contribution in [0.25, 0.3) is 0 Å². The molecule has 3 rings (SSSR count). The molecule has 29 heavy (non-hydrogen) atoms. The molecule has 2 aromatic carbocycles. The summed E-state index contributed by atoms with van der Waals surface area (Å²) in [7, 11) is 1.72. The van der Waals surface area contributed by atoms with Crippen molar-refractivity contribution in [3.8, 4) is 6.07 Å². The van der Waals surface area contributed by atoms with Crippen LogP contribution in [0.3, 0.4) is 0 Å². The monoisotopic (exact) mass is 393 g/mol. The normalized spacial score (nSPS) is 20.1. The highest BCUT2D eigenvalue weighted by atomic mass is 19.1. The molecule has 0 aromatic heterocycles. The van der Waals surface area contributed by atoms with E-state index in [1.807, 2.05) is 12.1 Å². The second-order valence-electron chi connectivity index (χ2n) is 7.51. The lowest BCUT2D eigenvalue weighted by Crippen LogP contribution is -2.51. The van der Waals surface area contributed by atoms with E-state index in [0.717, 1.165) is 25.9 Å². The third kappa shape index (κ3) is 5.78. The van der Waals surface area contributed by atoms with Crippen LogP contribution in [0.1, 0.15) is 36.5 Å². The minimum atomic E-state index is -0.380. The Balaban J connectivity index is 1.50. The first-order valence-electron chi connectivity index (χ1n) is 10.0. The van der Waals surface area contributed by atoms with Crippen LogP contribution in [-0.4, -0.2) is 36.5 Å². The largest absolute Gasteiger partial charge is 0.354 e. The van der Waals surface area contributed by atoms with Gasteiger partial charge in [-0.2, -0.15) is 5.26 Å². The van der Waals surface area contributed by atoms with Crippen LogP contribution >= 0.6 is 0 Å². The lowest BCUT2D eigenvalue weighted by molar-refractivity contribution is 0.134. The van der Waals surface area contributed by atoms with Gasteiger partial charge in [-0.25, -0.2) is 4.39 Å². The molecule has 152 valence electrons. The summed E-state index contributed by atoms with van der Waals surface area (Å²) in [6, 6.07) is 17.8. The van der Waals surface area contributed by atoms with Gasteiger partial charge in [0.1, 0.15) is 5.82 Å². The van der Waals surface area contributed by atoms with Crippen molar-refractivity contribution in [3.63, 3.8) is 0 Å². The zero-order valence-electron chi connectivity index (χ0n) is 17.0. The average Bonchev–Trinajstić information content (AvgIpc) is 2.74. The van der Waals surface area contributed by atoms with E-state index in [2.05, 4.69) is 51.7 Å². The summed E-state index contributed by atoms with van der Waals surface area (Å²) in [5.41, 5.74) is 2.18. The molecule has 1 aliphatic heterocycles. The maximum absolute atomic E-state index is 14.1. The molecule has 0 radical (unpaired) electrons. The number of nitriles is 1. The van der Waals surface area contributed by atoms with Gasteiger partial charge in [-0.15, -0.1) is 0 Å². The number of halogens is 1. The molecule has 0 saturated carbocycles. The Kier molecular flexibility index (Phi) is 7.20. The van der Waals surface area contributed by atoms with Gasteiger partial charge in [0.05, 0.1) is 11.6 Å². The number of aliphatic imine (C=N–C) groups is 1. The lowest BCUT2D eigenvalue weighted by atomic mass is 9.97. The van der Waals surface area contributed by atoms with Gasteiger partial charge in [-0.1, -0.05) is 36.4 Å². The molecular formula is C23H28FN5. The number of benzene rings is 2. The molecule has 6 heteroatoms. The predicted molar refractivity (Wildman–Crippen MR) is 114 cm³/mol. The van der Waals surface area contributed by atoms with Crippen molar-refractivity contribution in [1.82, 2.24) is 15.5 Å². The van der Waals surface area contributed by atoms with Crippen molar-refractivity contribution < 1.29 is 4.39 Å². The molecule has 0 bridgehead atoms. The Morgan fingerprint density at radius 2 is 2.07 bits per heavy atom. The van der Waals surface area contributed by atoms with Crippen LogP contribution in [-0.2, 0) is 13.1 Å². The summed E-state index contributed by atoms with van der Waals surface area (Å²) in [4.78, 5) is 6.79. The zero-order valence-corrected chi connectivity index (χ0v) is 17.0. The van der Waals surface area contributed by atoms with Gasteiger partial charge in [-0.05, 0) is 37.5 Å². The van der Waals surface area contributed by atoms with Crippen molar-refractivity contribution >= 4 is 5.96 Å². The van der Waals surface area contributed by atoms with Crippen molar-refractivity contribution in [2.75, 3.05) is 13.6 Å². The number of nitrogens with one attached hydrogen (secondary N) is 2. The summed E-state index contributed by atoms with van der Waals surface area (Å²) < 4.78 is 14.1. The van der Waals surface area contributed by atoms with Crippen molar-refractivity contribution in [3.05, 3.63) is 71.0 Å². The van der Waals surface area contributed by atoms with Gasteiger partial charge in [0.2, 0.25) is 0 Å². The molecule has 2 aromatic rings. The van der Waals surface area contributed by atoms with Gasteiger partial charge in [0.25, 0.3) is 0 Å². The van der Waals surface area contributed by atoms with Gasteiger partial charge in [0, 0.05) is 44.3 Å². The van der Waals surface area contributed by atoms with Crippen molar-refractivity contribution in [2.24, 2.45) is 4.99 Å². The number of rotatable bonds is 5.